The van der Waals surface area contributed by atoms with Gasteiger partial charge in [0.1, 0.15) is 0 Å². The molecule has 0 aliphatic rings. The summed E-state index contributed by atoms with van der Waals surface area (Å²) in [6.45, 7) is 3.47. The third-order valence-electron chi connectivity index (χ3n) is 4.13. The highest BCUT2D eigenvalue weighted by atomic mass is 16.5. The molecule has 2 heterocycles. The van der Waals surface area contributed by atoms with Crippen LogP contribution in [-0.2, 0) is 4.79 Å². The number of aromatic nitrogens is 4. The lowest BCUT2D eigenvalue weighted by atomic mass is 10.0. The second-order valence-electron chi connectivity index (χ2n) is 6.53. The van der Waals surface area contributed by atoms with Crippen LogP contribution in [0.4, 0.5) is 5.95 Å². The largest absolute Gasteiger partial charge is 0.467 e. The molecule has 3 aromatic rings. The average molecular weight is 394 g/mol. The van der Waals surface area contributed by atoms with E-state index in [1.165, 1.54) is 17.8 Å². The van der Waals surface area contributed by atoms with E-state index in [4.69, 9.17) is 10.5 Å². The Labute approximate surface area is 167 Å². The van der Waals surface area contributed by atoms with Crippen LogP contribution in [-0.4, -0.2) is 39.3 Å². The van der Waals surface area contributed by atoms with E-state index in [1.54, 1.807) is 6.07 Å². The summed E-state index contributed by atoms with van der Waals surface area (Å²) < 4.78 is 7.01. The molecule has 0 saturated heterocycles. The van der Waals surface area contributed by atoms with Crippen molar-refractivity contribution in [2.45, 2.75) is 19.9 Å². The number of benzene rings is 1. The normalized spacial score (nSPS) is 10.8. The molecular weight excluding hydrogens is 372 g/mol. The van der Waals surface area contributed by atoms with E-state index in [2.05, 4.69) is 20.4 Å². The van der Waals surface area contributed by atoms with E-state index < -0.39 is 0 Å². The van der Waals surface area contributed by atoms with Gasteiger partial charge in [0, 0.05) is 18.7 Å². The third kappa shape index (κ3) is 4.40. The summed E-state index contributed by atoms with van der Waals surface area (Å²) in [5.74, 6) is -0.215. The van der Waals surface area contributed by atoms with Gasteiger partial charge in [-0.1, -0.05) is 30.3 Å². The molecule has 0 aliphatic heterocycles. The smallest absolute Gasteiger partial charge is 0.267 e. The second kappa shape index (κ2) is 8.51. The molecule has 150 valence electrons. The van der Waals surface area contributed by atoms with Crippen molar-refractivity contribution >= 4 is 11.9 Å². The van der Waals surface area contributed by atoms with Crippen molar-refractivity contribution in [1.82, 2.24) is 25.1 Å². The Hall–Kier alpha value is -3.75. The number of ether oxygens (including phenoxy) is 1. The molecule has 0 saturated carbocycles. The lowest BCUT2D eigenvalue weighted by Gasteiger charge is -2.16. The topological polar surface area (TPSA) is 125 Å². The highest BCUT2D eigenvalue weighted by Gasteiger charge is 2.21. The van der Waals surface area contributed by atoms with E-state index in [0.29, 0.717) is 17.0 Å². The minimum absolute atomic E-state index is 0.00306. The highest BCUT2D eigenvalue weighted by Crippen LogP contribution is 2.36. The second-order valence-corrected chi connectivity index (χ2v) is 6.53. The number of nitrogen functional groups attached to an aromatic ring is 1. The number of hydrogen-bond donors (Lipinski definition) is 2. The molecule has 0 bridgehead atoms. The predicted molar refractivity (Wildman–Crippen MR) is 109 cm³/mol. The van der Waals surface area contributed by atoms with Gasteiger partial charge < -0.3 is 15.8 Å². The van der Waals surface area contributed by atoms with E-state index in [-0.39, 0.29) is 35.9 Å². The lowest BCUT2D eigenvalue weighted by molar-refractivity contribution is -0.122. The van der Waals surface area contributed by atoms with Crippen molar-refractivity contribution in [3.63, 3.8) is 0 Å². The van der Waals surface area contributed by atoms with Crippen molar-refractivity contribution < 1.29 is 9.53 Å². The van der Waals surface area contributed by atoms with E-state index >= 15 is 0 Å². The van der Waals surface area contributed by atoms with Crippen molar-refractivity contribution in [1.29, 1.82) is 0 Å². The van der Waals surface area contributed by atoms with Crippen LogP contribution in [0.2, 0.25) is 0 Å². The van der Waals surface area contributed by atoms with Gasteiger partial charge in [0.05, 0.1) is 23.0 Å². The third-order valence-corrected chi connectivity index (χ3v) is 4.13. The fourth-order valence-electron chi connectivity index (χ4n) is 2.73. The number of amides is 1. The van der Waals surface area contributed by atoms with Crippen LogP contribution in [0.25, 0.3) is 22.5 Å². The summed E-state index contributed by atoms with van der Waals surface area (Å²) in [7, 11) is 1.51. The van der Waals surface area contributed by atoms with Crippen LogP contribution in [0.1, 0.15) is 19.9 Å². The van der Waals surface area contributed by atoms with Crippen LogP contribution in [0.15, 0.2) is 47.3 Å². The van der Waals surface area contributed by atoms with E-state index in [0.717, 1.165) is 5.56 Å². The summed E-state index contributed by atoms with van der Waals surface area (Å²) in [5, 5.41) is 6.96. The molecule has 3 rings (SSSR count). The van der Waals surface area contributed by atoms with Crippen molar-refractivity contribution in [2.24, 2.45) is 0 Å². The molecule has 9 heteroatoms. The first-order chi connectivity index (χ1) is 13.9. The number of nitrogens with one attached hydrogen (secondary N) is 1. The van der Waals surface area contributed by atoms with Crippen molar-refractivity contribution in [2.75, 3.05) is 19.4 Å². The summed E-state index contributed by atoms with van der Waals surface area (Å²) in [6.07, 6.45) is 0. The first-order valence-corrected chi connectivity index (χ1v) is 9.07. The number of likely N-dealkylation sites (N-methyl/N-ethyl adjacent to an activating group) is 1. The Morgan fingerprint density at radius 1 is 1.17 bits per heavy atom. The van der Waals surface area contributed by atoms with Gasteiger partial charge in [0.25, 0.3) is 11.5 Å². The van der Waals surface area contributed by atoms with Gasteiger partial charge in [-0.2, -0.15) is 10.1 Å². The number of nitrogens with two attached hydrogens (primary N) is 1. The minimum atomic E-state index is -0.325. The molecule has 0 aliphatic carbocycles. The van der Waals surface area contributed by atoms with E-state index in [9.17, 15) is 9.59 Å². The molecule has 9 nitrogen and oxygen atoms in total. The number of carbonyl (C=O) groups excluding carboxylic acids is 1. The molecule has 0 fully saturated rings. The van der Waals surface area contributed by atoms with E-state index in [1.807, 2.05) is 44.2 Å². The number of hydrogen-bond acceptors (Lipinski definition) is 7. The molecule has 0 radical (unpaired) electrons. The maximum Gasteiger partial charge on any atom is 0.267 e. The Balaban J connectivity index is 2.25. The van der Waals surface area contributed by atoms with Crippen LogP contribution in [0.5, 0.6) is 5.88 Å². The Kier molecular flexibility index (Phi) is 5.87. The minimum Gasteiger partial charge on any atom is -0.467 e. The predicted octanol–water partition coefficient (Wildman–Crippen LogP) is 1.66. The monoisotopic (exact) mass is 394 g/mol. The van der Waals surface area contributed by atoms with Gasteiger partial charge in [-0.25, -0.2) is 9.67 Å². The zero-order valence-electron chi connectivity index (χ0n) is 16.4. The Morgan fingerprint density at radius 2 is 1.90 bits per heavy atom. The zero-order valence-corrected chi connectivity index (χ0v) is 16.4. The van der Waals surface area contributed by atoms with Crippen molar-refractivity contribution in [3.05, 3.63) is 52.8 Å². The lowest BCUT2D eigenvalue weighted by Crippen LogP contribution is -2.26. The van der Waals surface area contributed by atoms with Gasteiger partial charge in [-0.15, -0.1) is 0 Å². The fraction of sp³-hybridized carbons (Fsp3) is 0.250. The molecule has 29 heavy (non-hydrogen) atoms. The summed E-state index contributed by atoms with van der Waals surface area (Å²) in [5.41, 5.74) is 7.82. The summed E-state index contributed by atoms with van der Waals surface area (Å²) in [4.78, 5) is 32.4. The van der Waals surface area contributed by atoms with Crippen LogP contribution >= 0.6 is 0 Å². The molecule has 2 aromatic heterocycles. The first kappa shape index (κ1) is 20.0. The molecule has 0 atom stereocenters. The molecular formula is C20H22N6O3. The van der Waals surface area contributed by atoms with Gasteiger partial charge in [-0.05, 0) is 19.9 Å². The SMILES string of the molecule is CNC(=O)COc1nc(N)nc(-c2ccccc2)c1-c1ccc(=O)n(C(C)C)n1. The molecule has 0 spiro atoms. The van der Waals surface area contributed by atoms with Crippen molar-refractivity contribution in [3.8, 4) is 28.4 Å². The number of anilines is 1. The summed E-state index contributed by atoms with van der Waals surface area (Å²) >= 11 is 0. The molecule has 1 amide bonds. The van der Waals surface area contributed by atoms with Gasteiger partial charge in [0.2, 0.25) is 11.8 Å². The Bertz CT molecular complexity index is 1080. The standard InChI is InChI=1S/C20H22N6O3/c1-12(2)26-16(28)10-9-14(25-26)17-18(13-7-5-4-6-8-13)23-20(21)24-19(17)29-11-15(27)22-3/h4-10,12H,11H2,1-3H3,(H,22,27)(H2,21,23,24). The average Bonchev–Trinajstić information content (AvgIpc) is 2.72. The maximum atomic E-state index is 12.2. The Morgan fingerprint density at radius 3 is 2.55 bits per heavy atom. The number of rotatable bonds is 6. The fourth-order valence-corrected chi connectivity index (χ4v) is 2.73. The maximum absolute atomic E-state index is 12.2. The zero-order chi connectivity index (χ0) is 21.0. The highest BCUT2D eigenvalue weighted by molar-refractivity contribution is 5.83. The number of nitrogens with zero attached hydrogens (tertiary/aromatic N) is 4. The number of carbonyl (C=O) groups is 1. The quantitative estimate of drug-likeness (QED) is 0.651. The first-order valence-electron chi connectivity index (χ1n) is 9.07. The van der Waals surface area contributed by atoms with Crippen LogP contribution in [0, 0.1) is 0 Å². The van der Waals surface area contributed by atoms with Gasteiger partial charge >= 0.3 is 0 Å². The molecule has 3 N–H and O–H groups in total. The molecule has 1 aromatic carbocycles. The van der Waals surface area contributed by atoms with Gasteiger partial charge in [0.15, 0.2) is 6.61 Å². The van der Waals surface area contributed by atoms with Crippen LogP contribution < -0.4 is 21.3 Å². The summed E-state index contributed by atoms with van der Waals surface area (Å²) in [6, 6.07) is 12.2. The molecule has 0 unspecified atom stereocenters. The van der Waals surface area contributed by atoms with Crippen LogP contribution in [0.3, 0.4) is 0 Å². The van der Waals surface area contributed by atoms with Gasteiger partial charge in [-0.3, -0.25) is 9.59 Å².